The summed E-state index contributed by atoms with van der Waals surface area (Å²) in [5, 5.41) is 9.92. The SMILES string of the molecule is CCCCC1(C#N)CCCC([C@H]2CC[C@H]([C@H]3CC[C@H](CCCC)CC3)CC2)C1. The maximum absolute atomic E-state index is 9.92. The Balaban J connectivity index is 1.43. The van der Waals surface area contributed by atoms with Crippen molar-refractivity contribution < 1.29 is 0 Å². The van der Waals surface area contributed by atoms with Crippen molar-refractivity contribution in [2.24, 2.45) is 35.0 Å². The summed E-state index contributed by atoms with van der Waals surface area (Å²) in [7, 11) is 0. The third kappa shape index (κ3) is 5.77. The molecule has 28 heavy (non-hydrogen) atoms. The molecule has 3 rings (SSSR count). The quantitative estimate of drug-likeness (QED) is 0.410. The summed E-state index contributed by atoms with van der Waals surface area (Å²) in [6.07, 6.45) is 25.1. The fourth-order valence-corrected chi connectivity index (χ4v) is 7.24. The second-order valence-electron chi connectivity index (χ2n) is 11.0. The molecule has 0 aromatic carbocycles. The first kappa shape index (κ1) is 22.2. The van der Waals surface area contributed by atoms with Crippen molar-refractivity contribution in [3.8, 4) is 6.07 Å². The van der Waals surface area contributed by atoms with Gasteiger partial charge in [-0.25, -0.2) is 0 Å². The molecule has 0 aliphatic heterocycles. The average Bonchev–Trinajstić information content (AvgIpc) is 2.77. The maximum Gasteiger partial charge on any atom is 0.0689 e. The van der Waals surface area contributed by atoms with E-state index in [0.717, 1.165) is 36.0 Å². The molecule has 3 aliphatic carbocycles. The van der Waals surface area contributed by atoms with Crippen LogP contribution < -0.4 is 0 Å². The van der Waals surface area contributed by atoms with E-state index in [-0.39, 0.29) is 5.41 Å². The van der Waals surface area contributed by atoms with Crippen LogP contribution in [-0.4, -0.2) is 0 Å². The molecular formula is C27H47N. The van der Waals surface area contributed by atoms with Crippen LogP contribution in [0.2, 0.25) is 0 Å². The Bertz CT molecular complexity index is 475. The first-order valence-corrected chi connectivity index (χ1v) is 13.1. The molecule has 2 unspecified atom stereocenters. The molecule has 0 spiro atoms. The summed E-state index contributed by atoms with van der Waals surface area (Å²) in [4.78, 5) is 0. The van der Waals surface area contributed by atoms with Gasteiger partial charge in [-0.1, -0.05) is 71.6 Å². The largest absolute Gasteiger partial charge is 0.198 e. The van der Waals surface area contributed by atoms with Gasteiger partial charge in [-0.2, -0.15) is 5.26 Å². The molecule has 3 fully saturated rings. The highest BCUT2D eigenvalue weighted by Gasteiger charge is 2.40. The number of nitrogens with zero attached hydrogens (tertiary/aromatic N) is 1. The van der Waals surface area contributed by atoms with Crippen molar-refractivity contribution in [2.45, 2.75) is 129 Å². The minimum absolute atomic E-state index is 0.0344. The fourth-order valence-electron chi connectivity index (χ4n) is 7.24. The molecule has 0 radical (unpaired) electrons. The number of hydrogen-bond donors (Lipinski definition) is 0. The minimum Gasteiger partial charge on any atom is -0.198 e. The zero-order chi connectivity index (χ0) is 19.8. The van der Waals surface area contributed by atoms with Gasteiger partial charge in [0.05, 0.1) is 11.5 Å². The van der Waals surface area contributed by atoms with Gasteiger partial charge in [0.2, 0.25) is 0 Å². The summed E-state index contributed by atoms with van der Waals surface area (Å²) in [5.74, 6) is 4.93. The highest BCUT2D eigenvalue weighted by atomic mass is 14.5. The van der Waals surface area contributed by atoms with Crippen LogP contribution in [-0.2, 0) is 0 Å². The van der Waals surface area contributed by atoms with Gasteiger partial charge >= 0.3 is 0 Å². The molecule has 0 amide bonds. The van der Waals surface area contributed by atoms with Crippen LogP contribution in [0.15, 0.2) is 0 Å². The summed E-state index contributed by atoms with van der Waals surface area (Å²) in [6, 6.07) is 2.80. The van der Waals surface area contributed by atoms with Gasteiger partial charge in [0.25, 0.3) is 0 Å². The lowest BCUT2D eigenvalue weighted by Crippen LogP contribution is -2.34. The smallest absolute Gasteiger partial charge is 0.0689 e. The van der Waals surface area contributed by atoms with Crippen molar-refractivity contribution in [1.82, 2.24) is 0 Å². The van der Waals surface area contributed by atoms with Gasteiger partial charge in [0, 0.05) is 0 Å². The van der Waals surface area contributed by atoms with E-state index in [1.807, 2.05) is 0 Å². The molecule has 0 heterocycles. The van der Waals surface area contributed by atoms with Crippen molar-refractivity contribution in [1.29, 1.82) is 5.26 Å². The van der Waals surface area contributed by atoms with Gasteiger partial charge in [-0.3, -0.25) is 0 Å². The van der Waals surface area contributed by atoms with Gasteiger partial charge < -0.3 is 0 Å². The first-order valence-electron chi connectivity index (χ1n) is 13.1. The van der Waals surface area contributed by atoms with Crippen molar-refractivity contribution >= 4 is 0 Å². The molecule has 1 heteroatoms. The normalized spacial score (nSPS) is 39.4. The monoisotopic (exact) mass is 385 g/mol. The standard InChI is InChI=1S/C27H47N/c1-3-5-8-22-10-12-23(13-11-22)24-14-16-25(17-15-24)26-9-7-19-27(20-26,21-28)18-6-4-2/h22-26H,3-20H2,1-2H3/t22-,23-,24-,25-,26?,27?. The second-order valence-corrected chi connectivity index (χ2v) is 11.0. The van der Waals surface area contributed by atoms with Crippen molar-refractivity contribution in [2.75, 3.05) is 0 Å². The Kier molecular flexibility index (Phi) is 8.74. The Morgan fingerprint density at radius 2 is 1.32 bits per heavy atom. The highest BCUT2D eigenvalue weighted by Crippen LogP contribution is 2.50. The molecule has 3 aliphatic rings. The maximum atomic E-state index is 9.92. The van der Waals surface area contributed by atoms with E-state index in [1.54, 1.807) is 0 Å². The highest BCUT2D eigenvalue weighted by molar-refractivity contribution is 5.03. The third-order valence-electron chi connectivity index (χ3n) is 9.14. The minimum atomic E-state index is 0.0344. The summed E-state index contributed by atoms with van der Waals surface area (Å²) >= 11 is 0. The molecule has 0 N–H and O–H groups in total. The molecule has 0 bridgehead atoms. The summed E-state index contributed by atoms with van der Waals surface area (Å²) < 4.78 is 0. The second kappa shape index (κ2) is 11.0. The van der Waals surface area contributed by atoms with Crippen LogP contribution in [0.1, 0.15) is 129 Å². The molecular weight excluding hydrogens is 338 g/mol. The number of hydrogen-bond acceptors (Lipinski definition) is 1. The Hall–Kier alpha value is -0.510. The van der Waals surface area contributed by atoms with Gasteiger partial charge in [0.15, 0.2) is 0 Å². The van der Waals surface area contributed by atoms with E-state index in [0.29, 0.717) is 0 Å². The van der Waals surface area contributed by atoms with Crippen molar-refractivity contribution in [3.63, 3.8) is 0 Å². The van der Waals surface area contributed by atoms with Crippen LogP contribution in [0, 0.1) is 46.3 Å². The van der Waals surface area contributed by atoms with Crippen LogP contribution in [0.4, 0.5) is 0 Å². The lowest BCUT2D eigenvalue weighted by atomic mass is 9.61. The predicted molar refractivity (Wildman–Crippen MR) is 120 cm³/mol. The third-order valence-corrected chi connectivity index (χ3v) is 9.14. The molecule has 160 valence electrons. The van der Waals surface area contributed by atoms with E-state index in [4.69, 9.17) is 0 Å². The number of rotatable bonds is 8. The van der Waals surface area contributed by atoms with Crippen LogP contribution in [0.5, 0.6) is 0 Å². The summed E-state index contributed by atoms with van der Waals surface area (Å²) in [6.45, 7) is 4.60. The van der Waals surface area contributed by atoms with Crippen LogP contribution in [0.3, 0.4) is 0 Å². The average molecular weight is 386 g/mol. The van der Waals surface area contributed by atoms with Gasteiger partial charge in [-0.15, -0.1) is 0 Å². The van der Waals surface area contributed by atoms with E-state index in [2.05, 4.69) is 19.9 Å². The lowest BCUT2D eigenvalue weighted by molar-refractivity contribution is 0.0815. The molecule has 0 aromatic rings. The topological polar surface area (TPSA) is 23.8 Å². The Morgan fingerprint density at radius 3 is 1.89 bits per heavy atom. The zero-order valence-electron chi connectivity index (χ0n) is 19.1. The summed E-state index contributed by atoms with van der Waals surface area (Å²) in [5.41, 5.74) is 0.0344. The fraction of sp³-hybridized carbons (Fsp3) is 0.963. The molecule has 1 nitrogen and oxygen atoms in total. The predicted octanol–water partition coefficient (Wildman–Crippen LogP) is 8.68. The Morgan fingerprint density at radius 1 is 0.750 bits per heavy atom. The molecule has 3 saturated carbocycles. The zero-order valence-corrected chi connectivity index (χ0v) is 19.1. The van der Waals surface area contributed by atoms with Gasteiger partial charge in [0.1, 0.15) is 0 Å². The van der Waals surface area contributed by atoms with E-state index >= 15 is 0 Å². The first-order chi connectivity index (χ1) is 13.7. The molecule has 2 atom stereocenters. The number of unbranched alkanes of at least 4 members (excludes halogenated alkanes) is 2. The molecule has 0 saturated heterocycles. The number of nitriles is 1. The molecule has 0 aromatic heterocycles. The van der Waals surface area contributed by atoms with Crippen LogP contribution >= 0.6 is 0 Å². The van der Waals surface area contributed by atoms with Crippen LogP contribution in [0.25, 0.3) is 0 Å². The Labute approximate surface area is 176 Å². The lowest BCUT2D eigenvalue weighted by Gasteiger charge is -2.43. The van der Waals surface area contributed by atoms with E-state index in [1.165, 1.54) is 109 Å². The van der Waals surface area contributed by atoms with Crippen molar-refractivity contribution in [3.05, 3.63) is 0 Å². The van der Waals surface area contributed by atoms with E-state index < -0.39 is 0 Å². The van der Waals surface area contributed by atoms with Gasteiger partial charge in [-0.05, 0) is 87.4 Å². The van der Waals surface area contributed by atoms with E-state index in [9.17, 15) is 5.26 Å².